The van der Waals surface area contributed by atoms with E-state index in [1.54, 1.807) is 77.3 Å². The van der Waals surface area contributed by atoms with Crippen LogP contribution >= 0.6 is 0 Å². The molecule has 5 rings (SSSR count). The second-order valence-corrected chi connectivity index (χ2v) is 21.9. The van der Waals surface area contributed by atoms with E-state index in [4.69, 9.17) is 28.7 Å². The summed E-state index contributed by atoms with van der Waals surface area (Å²) in [6, 6.07) is 4.93. The molecule has 2 unspecified atom stereocenters. The fraction of sp³-hybridized carbons (Fsp3) is 0.638. The first kappa shape index (κ1) is 59.7. The third-order valence-corrected chi connectivity index (χ3v) is 13.5. The van der Waals surface area contributed by atoms with E-state index in [0.717, 1.165) is 81.8 Å². The Balaban J connectivity index is 1.29. The molecule has 4 heterocycles. The summed E-state index contributed by atoms with van der Waals surface area (Å²) in [5.74, 6) is -4.21. The molecule has 0 aliphatic carbocycles. The Morgan fingerprint density at radius 3 is 1.75 bits per heavy atom. The van der Waals surface area contributed by atoms with E-state index in [2.05, 4.69) is 24.5 Å². The lowest BCUT2D eigenvalue weighted by Gasteiger charge is -2.35. The van der Waals surface area contributed by atoms with Crippen LogP contribution < -0.4 is 20.9 Å². The van der Waals surface area contributed by atoms with Crippen LogP contribution in [0.4, 0.5) is 0 Å². The summed E-state index contributed by atoms with van der Waals surface area (Å²) in [5, 5.41) is 6.22. The average Bonchev–Trinajstić information content (AvgIpc) is 3.71. The van der Waals surface area contributed by atoms with Gasteiger partial charge in [0.15, 0.2) is 0 Å². The van der Waals surface area contributed by atoms with Gasteiger partial charge in [-0.15, -0.1) is 0 Å². The summed E-state index contributed by atoms with van der Waals surface area (Å²) in [5.41, 5.74) is -0.521. The van der Waals surface area contributed by atoms with Crippen molar-refractivity contribution in [3.63, 3.8) is 0 Å². The van der Waals surface area contributed by atoms with E-state index in [9.17, 15) is 38.4 Å². The molecule has 0 radical (unpaired) electrons. The number of carbonyl (C=O) groups is 7. The van der Waals surface area contributed by atoms with Gasteiger partial charge < -0.3 is 38.9 Å². The first-order valence-corrected chi connectivity index (χ1v) is 27.4. The first-order valence-electron chi connectivity index (χ1n) is 27.4. The average molecular weight is 1040 g/mol. The summed E-state index contributed by atoms with van der Waals surface area (Å²) in [6.07, 6.45) is 12.2. The van der Waals surface area contributed by atoms with Crippen LogP contribution in [0.15, 0.2) is 29.1 Å². The Labute approximate surface area is 442 Å². The number of aromatic nitrogens is 2. The highest BCUT2D eigenvalue weighted by molar-refractivity contribution is 5.92. The minimum atomic E-state index is -1.99. The van der Waals surface area contributed by atoms with Crippen LogP contribution in [0.3, 0.4) is 0 Å². The topological polar surface area (TPSA) is 225 Å². The van der Waals surface area contributed by atoms with Gasteiger partial charge in [-0.1, -0.05) is 105 Å². The van der Waals surface area contributed by atoms with Crippen molar-refractivity contribution in [1.82, 2.24) is 20.2 Å². The number of pyridine rings is 2. The molecule has 0 spiro atoms. The molecule has 1 aromatic carbocycles. The molecule has 17 heteroatoms. The summed E-state index contributed by atoms with van der Waals surface area (Å²) in [7, 11) is 0. The zero-order valence-corrected chi connectivity index (χ0v) is 46.2. The summed E-state index contributed by atoms with van der Waals surface area (Å²) < 4.78 is 30.0. The molecule has 3 atom stereocenters. The number of cyclic esters (lactones) is 1. The number of rotatable bonds is 28. The maximum absolute atomic E-state index is 14.4. The molecule has 0 bridgehead atoms. The second-order valence-electron chi connectivity index (χ2n) is 21.9. The van der Waals surface area contributed by atoms with Crippen molar-refractivity contribution in [2.45, 2.75) is 240 Å². The quantitative estimate of drug-likeness (QED) is 0.0234. The van der Waals surface area contributed by atoms with Crippen LogP contribution in [0.2, 0.25) is 0 Å². The minimum absolute atomic E-state index is 0.0745. The fourth-order valence-electron chi connectivity index (χ4n) is 9.66. The van der Waals surface area contributed by atoms with Crippen LogP contribution in [0.5, 0.6) is 5.75 Å². The lowest BCUT2D eigenvalue weighted by atomic mass is 9.85. The number of benzene rings is 1. The zero-order valence-electron chi connectivity index (χ0n) is 46.2. The Bertz CT molecular complexity index is 2610. The highest BCUT2D eigenvalue weighted by atomic mass is 16.6. The first-order chi connectivity index (χ1) is 35.5. The Kier molecular flexibility index (Phi) is 21.6. The van der Waals surface area contributed by atoms with Crippen LogP contribution in [0.1, 0.15) is 213 Å². The van der Waals surface area contributed by atoms with Crippen molar-refractivity contribution in [2.75, 3.05) is 0 Å². The fourth-order valence-corrected chi connectivity index (χ4v) is 9.66. The molecule has 3 aromatic rings. The van der Waals surface area contributed by atoms with Gasteiger partial charge >= 0.3 is 29.8 Å². The number of unbranched alkanes of at least 4 members (excludes halogenated alkanes) is 10. The van der Waals surface area contributed by atoms with Crippen molar-refractivity contribution in [1.29, 1.82) is 0 Å². The molecular formula is C58H82N4O13. The molecule has 2 aliphatic rings. The summed E-state index contributed by atoms with van der Waals surface area (Å²) in [4.78, 5) is 112. The molecule has 75 heavy (non-hydrogen) atoms. The molecular weight excluding hydrogens is 961 g/mol. The molecule has 2 aromatic heterocycles. The van der Waals surface area contributed by atoms with Gasteiger partial charge in [-0.3, -0.25) is 24.0 Å². The molecule has 412 valence electrons. The summed E-state index contributed by atoms with van der Waals surface area (Å²) in [6.45, 7) is 18.3. The van der Waals surface area contributed by atoms with E-state index < -0.39 is 82.5 Å². The van der Waals surface area contributed by atoms with E-state index in [0.29, 0.717) is 48.0 Å². The number of hydrogen-bond acceptors (Lipinski definition) is 14. The van der Waals surface area contributed by atoms with E-state index in [1.165, 1.54) is 0 Å². The normalized spacial score (nSPS) is 15.7. The van der Waals surface area contributed by atoms with Crippen molar-refractivity contribution >= 4 is 52.6 Å². The maximum atomic E-state index is 14.4. The lowest BCUT2D eigenvalue weighted by molar-refractivity contribution is -0.189. The molecule has 2 N–H and O–H groups in total. The number of esters is 5. The third-order valence-electron chi connectivity index (χ3n) is 13.5. The van der Waals surface area contributed by atoms with Gasteiger partial charge in [-0.05, 0) is 97.1 Å². The molecule has 2 amide bonds. The Hall–Kier alpha value is -6.13. The number of nitrogens with zero attached hydrogens (tertiary/aromatic N) is 2. The third kappa shape index (κ3) is 16.4. The van der Waals surface area contributed by atoms with Crippen molar-refractivity contribution < 1.29 is 57.2 Å². The number of nitrogens with one attached hydrogen (secondary N) is 2. The SMILES string of the molecule is CCCCCCCCC(NC(=O)CCC(=O)Oc1ccc2nc3c(c(CC)c2c1)Cn1c-3cc2c(c1=O)COC(=O)[C@@]2(CC)OC(=O)CCC(=O)NC(CCCCCCCC)C(=O)OC(C)(C)C)C(=O)OC(C)(C)C. The van der Waals surface area contributed by atoms with E-state index in [1.807, 2.05) is 6.92 Å². The van der Waals surface area contributed by atoms with Crippen LogP contribution in [-0.4, -0.2) is 74.5 Å². The van der Waals surface area contributed by atoms with Crippen molar-refractivity contribution in [3.05, 3.63) is 56.9 Å². The zero-order chi connectivity index (χ0) is 55.1. The number of carbonyl (C=O) groups excluding carboxylic acids is 7. The van der Waals surface area contributed by atoms with Crippen molar-refractivity contribution in [2.24, 2.45) is 0 Å². The van der Waals surface area contributed by atoms with Crippen LogP contribution in [0, 0.1) is 0 Å². The smallest absolute Gasteiger partial charge is 0.355 e. The van der Waals surface area contributed by atoms with Gasteiger partial charge in [0, 0.05) is 29.4 Å². The predicted octanol–water partition coefficient (Wildman–Crippen LogP) is 9.81. The van der Waals surface area contributed by atoms with Gasteiger partial charge in [-0.25, -0.2) is 19.4 Å². The number of amides is 2. The van der Waals surface area contributed by atoms with Gasteiger partial charge in [0.2, 0.25) is 17.4 Å². The number of ether oxygens (including phenoxy) is 5. The van der Waals surface area contributed by atoms with Crippen LogP contribution in [-0.2, 0) is 77.7 Å². The Morgan fingerprint density at radius 2 is 1.23 bits per heavy atom. The van der Waals surface area contributed by atoms with Gasteiger partial charge in [0.05, 0.1) is 41.9 Å². The molecule has 17 nitrogen and oxygen atoms in total. The van der Waals surface area contributed by atoms with E-state index >= 15 is 0 Å². The molecule has 0 saturated carbocycles. The predicted molar refractivity (Wildman–Crippen MR) is 283 cm³/mol. The number of hydrogen-bond donors (Lipinski definition) is 2. The Morgan fingerprint density at radius 1 is 0.693 bits per heavy atom. The molecule has 0 saturated heterocycles. The standard InChI is InChI=1S/C58H82N4O13/c1-11-15-17-19-21-23-25-44(53(68)74-56(5,6)7)59-47(63)29-31-49(65)72-37-27-28-43-39(33-37)38(13-3)40-35-62-46(51(40)61-43)34-42-41(52(62)67)36-71-55(70)58(42,14-4)73-50(66)32-30-48(64)60-45(54(69)75-57(8,9)10)26-24-22-20-18-16-12-2/h27-28,33-34,44-45H,11-26,29-32,35-36H2,1-10H3,(H,59,63)(H,60,64)/t44?,45?,58-/m0/s1. The van der Waals surface area contributed by atoms with Crippen molar-refractivity contribution in [3.8, 4) is 17.1 Å². The molecule has 0 fully saturated rings. The summed E-state index contributed by atoms with van der Waals surface area (Å²) >= 11 is 0. The monoisotopic (exact) mass is 1040 g/mol. The van der Waals surface area contributed by atoms with Crippen LogP contribution in [0.25, 0.3) is 22.3 Å². The minimum Gasteiger partial charge on any atom is -0.458 e. The highest BCUT2D eigenvalue weighted by Crippen LogP contribution is 2.43. The maximum Gasteiger partial charge on any atom is 0.355 e. The van der Waals surface area contributed by atoms with E-state index in [-0.39, 0.29) is 55.7 Å². The van der Waals surface area contributed by atoms with Gasteiger partial charge in [0.1, 0.15) is 35.6 Å². The van der Waals surface area contributed by atoms with Gasteiger partial charge in [-0.2, -0.15) is 0 Å². The second kappa shape index (κ2) is 27.1. The highest BCUT2D eigenvalue weighted by Gasteiger charge is 2.50. The largest absolute Gasteiger partial charge is 0.458 e. The van der Waals surface area contributed by atoms with Gasteiger partial charge in [0.25, 0.3) is 5.56 Å². The number of aryl methyl sites for hydroxylation is 1. The number of fused-ring (bicyclic) bond motifs is 5. The molecule has 2 aliphatic heterocycles. The lowest BCUT2D eigenvalue weighted by Crippen LogP contribution is -2.47.